The van der Waals surface area contributed by atoms with Gasteiger partial charge in [0, 0.05) is 18.7 Å². The Bertz CT molecular complexity index is 586. The number of carbonyl (C=O) groups is 1. The van der Waals surface area contributed by atoms with E-state index >= 15 is 0 Å². The molecule has 1 saturated heterocycles. The standard InChI is InChI=1S/C17H26N4O3/c22-16-4-2-1-3-13(16)14-9-20(19-18-14)10-17(23)21-7-8-24-11-15(21)12-5-6-12/h9,12-13,15-16,22H,1-8,10-11H2. The Kier molecular flexibility index (Phi) is 4.54. The van der Waals surface area contributed by atoms with Gasteiger partial charge in [0.15, 0.2) is 0 Å². The summed E-state index contributed by atoms with van der Waals surface area (Å²) in [6.45, 7) is 2.17. The zero-order valence-corrected chi connectivity index (χ0v) is 14.0. The highest BCUT2D eigenvalue weighted by Gasteiger charge is 2.39. The molecule has 3 unspecified atom stereocenters. The molecule has 2 saturated carbocycles. The summed E-state index contributed by atoms with van der Waals surface area (Å²) in [6.07, 6.45) is 7.86. The first-order valence-electron chi connectivity index (χ1n) is 9.17. The van der Waals surface area contributed by atoms with Gasteiger partial charge in [0.1, 0.15) is 6.54 Å². The average Bonchev–Trinajstić information content (AvgIpc) is 3.35. The lowest BCUT2D eigenvalue weighted by atomic mass is 9.85. The van der Waals surface area contributed by atoms with Crippen LogP contribution in [0.1, 0.15) is 50.1 Å². The van der Waals surface area contributed by atoms with Gasteiger partial charge >= 0.3 is 0 Å². The number of nitrogens with zero attached hydrogens (tertiary/aromatic N) is 4. The largest absolute Gasteiger partial charge is 0.392 e. The first-order valence-corrected chi connectivity index (χ1v) is 9.17. The third-order valence-corrected chi connectivity index (χ3v) is 5.61. The molecule has 0 bridgehead atoms. The van der Waals surface area contributed by atoms with Gasteiger partial charge in [-0.15, -0.1) is 5.10 Å². The van der Waals surface area contributed by atoms with Crippen molar-refractivity contribution in [3.05, 3.63) is 11.9 Å². The van der Waals surface area contributed by atoms with Gasteiger partial charge in [0.25, 0.3) is 0 Å². The molecular weight excluding hydrogens is 308 g/mol. The van der Waals surface area contributed by atoms with Crippen LogP contribution in [0.4, 0.5) is 0 Å². The summed E-state index contributed by atoms with van der Waals surface area (Å²) in [5, 5.41) is 18.5. The number of amides is 1. The molecule has 3 atom stereocenters. The van der Waals surface area contributed by atoms with E-state index in [2.05, 4.69) is 10.3 Å². The van der Waals surface area contributed by atoms with Crippen LogP contribution in [0.15, 0.2) is 6.20 Å². The van der Waals surface area contributed by atoms with E-state index in [1.165, 1.54) is 12.8 Å². The van der Waals surface area contributed by atoms with Crippen molar-refractivity contribution >= 4 is 5.91 Å². The SMILES string of the molecule is O=C(Cn1cc(C2CCCCC2O)nn1)N1CCOCC1C1CC1. The smallest absolute Gasteiger partial charge is 0.244 e. The second-order valence-electron chi connectivity index (χ2n) is 7.37. The van der Waals surface area contributed by atoms with Crippen LogP contribution in [-0.2, 0) is 16.1 Å². The first-order chi connectivity index (χ1) is 11.7. The number of rotatable bonds is 4. The number of hydrogen-bond donors (Lipinski definition) is 1. The Morgan fingerprint density at radius 2 is 2.12 bits per heavy atom. The summed E-state index contributed by atoms with van der Waals surface area (Å²) in [5.41, 5.74) is 0.815. The van der Waals surface area contributed by atoms with Crippen LogP contribution < -0.4 is 0 Å². The molecule has 1 aromatic rings. The van der Waals surface area contributed by atoms with Crippen molar-refractivity contribution < 1.29 is 14.6 Å². The number of aromatic nitrogens is 3. The second kappa shape index (κ2) is 6.80. The quantitative estimate of drug-likeness (QED) is 0.886. The molecule has 1 amide bonds. The van der Waals surface area contributed by atoms with Crippen LogP contribution in [0.3, 0.4) is 0 Å². The molecule has 1 N–H and O–H groups in total. The van der Waals surface area contributed by atoms with Gasteiger partial charge in [0.05, 0.1) is 31.1 Å². The molecule has 24 heavy (non-hydrogen) atoms. The molecule has 7 heteroatoms. The minimum atomic E-state index is -0.335. The second-order valence-corrected chi connectivity index (χ2v) is 7.37. The van der Waals surface area contributed by atoms with E-state index in [9.17, 15) is 9.90 Å². The van der Waals surface area contributed by atoms with Gasteiger partial charge in [0.2, 0.25) is 5.91 Å². The molecule has 0 radical (unpaired) electrons. The van der Waals surface area contributed by atoms with E-state index in [4.69, 9.17) is 4.74 Å². The molecule has 132 valence electrons. The van der Waals surface area contributed by atoms with E-state index in [0.717, 1.165) is 31.4 Å². The number of morpholine rings is 1. The molecule has 3 aliphatic rings. The van der Waals surface area contributed by atoms with Gasteiger partial charge in [-0.25, -0.2) is 4.68 Å². The van der Waals surface area contributed by atoms with Gasteiger partial charge in [-0.2, -0.15) is 0 Å². The predicted molar refractivity (Wildman–Crippen MR) is 86.3 cm³/mol. The van der Waals surface area contributed by atoms with Crippen molar-refractivity contribution in [2.75, 3.05) is 19.8 Å². The van der Waals surface area contributed by atoms with E-state index in [-0.39, 0.29) is 30.5 Å². The highest BCUT2D eigenvalue weighted by molar-refractivity contribution is 5.76. The number of ether oxygens (including phenoxy) is 1. The Balaban J connectivity index is 1.40. The van der Waals surface area contributed by atoms with Gasteiger partial charge in [-0.1, -0.05) is 18.1 Å². The first kappa shape index (κ1) is 16.0. The lowest BCUT2D eigenvalue weighted by Crippen LogP contribution is -2.50. The molecule has 2 heterocycles. The van der Waals surface area contributed by atoms with E-state index in [1.807, 2.05) is 11.1 Å². The maximum Gasteiger partial charge on any atom is 0.244 e. The summed E-state index contributed by atoms with van der Waals surface area (Å²) in [4.78, 5) is 14.7. The number of aliphatic hydroxyl groups excluding tert-OH is 1. The summed E-state index contributed by atoms with van der Waals surface area (Å²) >= 11 is 0. The third kappa shape index (κ3) is 3.32. The number of hydrogen-bond acceptors (Lipinski definition) is 5. The van der Waals surface area contributed by atoms with Crippen molar-refractivity contribution in [2.24, 2.45) is 5.92 Å². The van der Waals surface area contributed by atoms with E-state index in [1.54, 1.807) is 4.68 Å². The van der Waals surface area contributed by atoms with Crippen LogP contribution in [0.2, 0.25) is 0 Å². The number of aliphatic hydroxyl groups is 1. The van der Waals surface area contributed by atoms with E-state index < -0.39 is 0 Å². The zero-order chi connectivity index (χ0) is 16.5. The molecule has 2 aliphatic carbocycles. The van der Waals surface area contributed by atoms with Gasteiger partial charge < -0.3 is 14.7 Å². The summed E-state index contributed by atoms with van der Waals surface area (Å²) in [6, 6.07) is 0.231. The molecule has 1 aliphatic heterocycles. The highest BCUT2D eigenvalue weighted by atomic mass is 16.5. The molecule has 0 spiro atoms. The van der Waals surface area contributed by atoms with Crippen molar-refractivity contribution in [2.45, 2.75) is 63.1 Å². The lowest BCUT2D eigenvalue weighted by Gasteiger charge is -2.35. The van der Waals surface area contributed by atoms with Crippen LogP contribution in [0.5, 0.6) is 0 Å². The molecule has 1 aromatic heterocycles. The van der Waals surface area contributed by atoms with Crippen LogP contribution in [-0.4, -0.2) is 62.8 Å². The fourth-order valence-corrected chi connectivity index (χ4v) is 4.05. The van der Waals surface area contributed by atoms with Gasteiger partial charge in [-0.3, -0.25) is 4.79 Å². The Morgan fingerprint density at radius 3 is 2.92 bits per heavy atom. The fraction of sp³-hybridized carbons (Fsp3) is 0.824. The van der Waals surface area contributed by atoms with Crippen molar-refractivity contribution in [1.29, 1.82) is 0 Å². The minimum Gasteiger partial charge on any atom is -0.392 e. The molecular formula is C17H26N4O3. The average molecular weight is 334 g/mol. The van der Waals surface area contributed by atoms with Crippen LogP contribution >= 0.6 is 0 Å². The topological polar surface area (TPSA) is 80.5 Å². The summed E-state index contributed by atoms with van der Waals surface area (Å²) in [7, 11) is 0. The number of carbonyl (C=O) groups excluding carboxylic acids is 1. The predicted octanol–water partition coefficient (Wildman–Crippen LogP) is 0.934. The Morgan fingerprint density at radius 1 is 1.29 bits per heavy atom. The van der Waals surface area contributed by atoms with Gasteiger partial charge in [-0.05, 0) is 31.6 Å². The minimum absolute atomic E-state index is 0.0604. The fourth-order valence-electron chi connectivity index (χ4n) is 4.05. The van der Waals surface area contributed by atoms with Crippen molar-refractivity contribution in [3.63, 3.8) is 0 Å². The molecule has 0 aromatic carbocycles. The maximum atomic E-state index is 12.7. The normalized spacial score (nSPS) is 31.2. The Hall–Kier alpha value is -1.47. The van der Waals surface area contributed by atoms with Crippen molar-refractivity contribution in [1.82, 2.24) is 19.9 Å². The summed E-state index contributed by atoms with van der Waals surface area (Å²) in [5.74, 6) is 0.763. The maximum absolute atomic E-state index is 12.7. The van der Waals surface area contributed by atoms with Crippen molar-refractivity contribution in [3.8, 4) is 0 Å². The third-order valence-electron chi connectivity index (χ3n) is 5.61. The molecule has 7 nitrogen and oxygen atoms in total. The monoisotopic (exact) mass is 334 g/mol. The Labute approximate surface area is 142 Å². The lowest BCUT2D eigenvalue weighted by molar-refractivity contribution is -0.141. The summed E-state index contributed by atoms with van der Waals surface area (Å²) < 4.78 is 7.18. The van der Waals surface area contributed by atoms with Crippen LogP contribution in [0.25, 0.3) is 0 Å². The van der Waals surface area contributed by atoms with E-state index in [0.29, 0.717) is 25.7 Å². The molecule has 4 rings (SSSR count). The van der Waals surface area contributed by atoms with Crippen LogP contribution in [0, 0.1) is 5.92 Å². The zero-order valence-electron chi connectivity index (χ0n) is 14.0. The molecule has 3 fully saturated rings. The highest BCUT2D eigenvalue weighted by Crippen LogP contribution is 2.36.